The van der Waals surface area contributed by atoms with Gasteiger partial charge in [0.25, 0.3) is 0 Å². The van der Waals surface area contributed by atoms with Crippen molar-refractivity contribution in [3.8, 4) is 0 Å². The summed E-state index contributed by atoms with van der Waals surface area (Å²) in [7, 11) is 0. The molecule has 1 heteroatoms. The molecule has 0 spiro atoms. The molecule has 0 amide bonds. The van der Waals surface area contributed by atoms with Crippen molar-refractivity contribution < 1.29 is 0 Å². The molecule has 0 saturated heterocycles. The lowest BCUT2D eigenvalue weighted by atomic mass is 9.88. The highest BCUT2D eigenvalue weighted by Crippen LogP contribution is 2.22. The third-order valence-electron chi connectivity index (χ3n) is 2.53. The van der Waals surface area contributed by atoms with E-state index in [2.05, 4.69) is 38.7 Å². The minimum Gasteiger partial charge on any atom is -0.264 e. The van der Waals surface area contributed by atoms with Crippen molar-refractivity contribution in [1.82, 2.24) is 4.98 Å². The second-order valence-electron chi connectivity index (χ2n) is 5.06. The fourth-order valence-corrected chi connectivity index (χ4v) is 1.54. The smallest absolute Gasteiger partial charge is 0.0302 e. The zero-order valence-electron chi connectivity index (χ0n) is 9.80. The summed E-state index contributed by atoms with van der Waals surface area (Å²) in [6.07, 6.45) is 7.40. The predicted octanol–water partition coefficient (Wildman–Crippen LogP) is 3.62. The molecule has 1 heterocycles. The van der Waals surface area contributed by atoms with Crippen LogP contribution in [0.1, 0.15) is 45.2 Å². The van der Waals surface area contributed by atoms with E-state index in [0.29, 0.717) is 5.41 Å². The number of rotatable bonds is 3. The second kappa shape index (κ2) is 4.59. The van der Waals surface area contributed by atoms with Gasteiger partial charge in [-0.3, -0.25) is 4.98 Å². The monoisotopic (exact) mass is 191 g/mol. The predicted molar refractivity (Wildman–Crippen MR) is 61.4 cm³/mol. The van der Waals surface area contributed by atoms with Gasteiger partial charge in [-0.05, 0) is 41.9 Å². The van der Waals surface area contributed by atoms with Gasteiger partial charge in [-0.2, -0.15) is 0 Å². The van der Waals surface area contributed by atoms with E-state index in [1.54, 1.807) is 0 Å². The first-order valence-electron chi connectivity index (χ1n) is 5.44. The van der Waals surface area contributed by atoms with Crippen molar-refractivity contribution in [1.29, 1.82) is 0 Å². The summed E-state index contributed by atoms with van der Waals surface area (Å²) in [5.41, 5.74) is 3.29. The number of pyridine rings is 1. The Morgan fingerprint density at radius 3 is 2.50 bits per heavy atom. The minimum atomic E-state index is 0.418. The molecule has 0 aromatic carbocycles. The van der Waals surface area contributed by atoms with Gasteiger partial charge >= 0.3 is 0 Å². The number of nitrogens with zero attached hydrogens (tertiary/aromatic N) is 1. The Balaban J connectivity index is 2.67. The van der Waals surface area contributed by atoms with Crippen LogP contribution in [0.3, 0.4) is 0 Å². The first-order chi connectivity index (χ1) is 6.53. The van der Waals surface area contributed by atoms with Crippen molar-refractivity contribution in [3.63, 3.8) is 0 Å². The maximum Gasteiger partial charge on any atom is 0.0302 e. The highest BCUT2D eigenvalue weighted by atomic mass is 14.6. The third-order valence-corrected chi connectivity index (χ3v) is 2.53. The van der Waals surface area contributed by atoms with E-state index in [0.717, 1.165) is 12.8 Å². The largest absolute Gasteiger partial charge is 0.264 e. The molecule has 0 aliphatic heterocycles. The maximum atomic E-state index is 4.19. The van der Waals surface area contributed by atoms with Gasteiger partial charge in [-0.1, -0.05) is 27.7 Å². The fraction of sp³-hybridized carbons (Fsp3) is 0.615. The standard InChI is InChI=1S/C13H21N/c1-5-11-7-9-14-10-12(11)6-8-13(2,3)4/h7,9-10H,5-6,8H2,1-4H3. The SMILES string of the molecule is CCc1ccncc1CCC(C)(C)C. The van der Waals surface area contributed by atoms with Crippen LogP contribution in [0.2, 0.25) is 0 Å². The Morgan fingerprint density at radius 2 is 1.93 bits per heavy atom. The molecule has 0 unspecified atom stereocenters. The average molecular weight is 191 g/mol. The zero-order valence-corrected chi connectivity index (χ0v) is 9.80. The lowest BCUT2D eigenvalue weighted by Crippen LogP contribution is -2.07. The van der Waals surface area contributed by atoms with E-state index in [4.69, 9.17) is 0 Å². The Kier molecular flexibility index (Phi) is 3.68. The molecule has 1 aromatic rings. The quantitative estimate of drug-likeness (QED) is 0.711. The van der Waals surface area contributed by atoms with Crippen LogP contribution >= 0.6 is 0 Å². The molecule has 0 fully saturated rings. The molecule has 1 rings (SSSR count). The summed E-state index contributed by atoms with van der Waals surface area (Å²) in [6, 6.07) is 2.14. The normalized spacial score (nSPS) is 11.7. The van der Waals surface area contributed by atoms with Gasteiger partial charge in [0.1, 0.15) is 0 Å². The minimum absolute atomic E-state index is 0.418. The van der Waals surface area contributed by atoms with Crippen LogP contribution in [0.15, 0.2) is 18.5 Å². The molecule has 14 heavy (non-hydrogen) atoms. The third kappa shape index (κ3) is 3.49. The highest BCUT2D eigenvalue weighted by Gasteiger charge is 2.11. The molecule has 0 atom stereocenters. The number of aromatic nitrogens is 1. The van der Waals surface area contributed by atoms with Crippen molar-refractivity contribution in [2.75, 3.05) is 0 Å². The fourth-order valence-electron chi connectivity index (χ4n) is 1.54. The van der Waals surface area contributed by atoms with Crippen LogP contribution < -0.4 is 0 Å². The van der Waals surface area contributed by atoms with E-state index in [-0.39, 0.29) is 0 Å². The van der Waals surface area contributed by atoms with E-state index in [1.165, 1.54) is 17.5 Å². The van der Waals surface area contributed by atoms with E-state index < -0.39 is 0 Å². The molecule has 0 aliphatic rings. The topological polar surface area (TPSA) is 12.9 Å². The van der Waals surface area contributed by atoms with Gasteiger partial charge in [0.2, 0.25) is 0 Å². The van der Waals surface area contributed by atoms with Gasteiger partial charge in [-0.25, -0.2) is 0 Å². The van der Waals surface area contributed by atoms with Gasteiger partial charge in [0, 0.05) is 12.4 Å². The van der Waals surface area contributed by atoms with E-state index in [9.17, 15) is 0 Å². The summed E-state index contributed by atoms with van der Waals surface area (Å²) in [5.74, 6) is 0. The zero-order chi connectivity index (χ0) is 10.6. The molecule has 78 valence electrons. The molecule has 0 saturated carbocycles. The van der Waals surface area contributed by atoms with Crippen molar-refractivity contribution >= 4 is 0 Å². The van der Waals surface area contributed by atoms with Crippen LogP contribution in [0.4, 0.5) is 0 Å². The summed E-state index contributed by atoms with van der Waals surface area (Å²) >= 11 is 0. The van der Waals surface area contributed by atoms with Crippen molar-refractivity contribution in [3.05, 3.63) is 29.6 Å². The lowest BCUT2D eigenvalue weighted by Gasteiger charge is -2.18. The Hall–Kier alpha value is -0.850. The molecular formula is C13H21N. The van der Waals surface area contributed by atoms with Gasteiger partial charge in [0.05, 0.1) is 0 Å². The van der Waals surface area contributed by atoms with E-state index >= 15 is 0 Å². The summed E-state index contributed by atoms with van der Waals surface area (Å²) < 4.78 is 0. The van der Waals surface area contributed by atoms with Crippen LogP contribution in [-0.2, 0) is 12.8 Å². The Labute approximate surface area is 87.6 Å². The van der Waals surface area contributed by atoms with Crippen LogP contribution in [0, 0.1) is 5.41 Å². The van der Waals surface area contributed by atoms with Crippen molar-refractivity contribution in [2.45, 2.75) is 47.0 Å². The molecule has 0 radical (unpaired) electrons. The van der Waals surface area contributed by atoms with Crippen LogP contribution in [0.5, 0.6) is 0 Å². The first-order valence-corrected chi connectivity index (χ1v) is 5.44. The highest BCUT2D eigenvalue weighted by molar-refractivity contribution is 5.23. The van der Waals surface area contributed by atoms with Crippen molar-refractivity contribution in [2.24, 2.45) is 5.41 Å². The lowest BCUT2D eigenvalue weighted by molar-refractivity contribution is 0.377. The molecule has 0 bridgehead atoms. The van der Waals surface area contributed by atoms with Gasteiger partial charge in [-0.15, -0.1) is 0 Å². The second-order valence-corrected chi connectivity index (χ2v) is 5.06. The van der Waals surface area contributed by atoms with Gasteiger partial charge in [0.15, 0.2) is 0 Å². The van der Waals surface area contributed by atoms with Crippen LogP contribution in [0.25, 0.3) is 0 Å². The maximum absolute atomic E-state index is 4.19. The summed E-state index contributed by atoms with van der Waals surface area (Å²) in [4.78, 5) is 4.19. The summed E-state index contributed by atoms with van der Waals surface area (Å²) in [6.45, 7) is 9.06. The average Bonchev–Trinajstić information content (AvgIpc) is 2.14. The number of aryl methyl sites for hydroxylation is 2. The number of hydrogen-bond donors (Lipinski definition) is 0. The molecule has 0 aliphatic carbocycles. The van der Waals surface area contributed by atoms with Crippen LogP contribution in [-0.4, -0.2) is 4.98 Å². The Bertz CT molecular complexity index is 284. The molecular weight excluding hydrogens is 170 g/mol. The van der Waals surface area contributed by atoms with E-state index in [1.807, 2.05) is 12.4 Å². The van der Waals surface area contributed by atoms with Gasteiger partial charge < -0.3 is 0 Å². The summed E-state index contributed by atoms with van der Waals surface area (Å²) in [5, 5.41) is 0. The molecule has 1 aromatic heterocycles. The number of hydrogen-bond acceptors (Lipinski definition) is 1. The molecule has 1 nitrogen and oxygen atoms in total. The Morgan fingerprint density at radius 1 is 1.21 bits per heavy atom. The molecule has 0 N–H and O–H groups in total. The first kappa shape index (κ1) is 11.2.